The van der Waals surface area contributed by atoms with Crippen molar-refractivity contribution >= 4 is 21.8 Å². The van der Waals surface area contributed by atoms with Crippen molar-refractivity contribution in [3.8, 4) is 0 Å². The van der Waals surface area contributed by atoms with Gasteiger partial charge in [-0.05, 0) is 49.7 Å². The van der Waals surface area contributed by atoms with Gasteiger partial charge in [-0.15, -0.1) is 0 Å². The molecule has 1 aliphatic rings. The minimum Gasteiger partial charge on any atom is -0.394 e. The van der Waals surface area contributed by atoms with Crippen molar-refractivity contribution in [2.75, 3.05) is 19.7 Å². The number of rotatable bonds is 3. The summed E-state index contributed by atoms with van der Waals surface area (Å²) in [7, 11) is 0. The third-order valence-electron chi connectivity index (χ3n) is 3.56. The normalized spacial score (nSPS) is 21.9. The molecule has 1 aromatic rings. The molecule has 0 bridgehead atoms. The van der Waals surface area contributed by atoms with Crippen LogP contribution in [0.15, 0.2) is 16.7 Å². The molecule has 0 radical (unpaired) electrons. The van der Waals surface area contributed by atoms with Crippen LogP contribution >= 0.6 is 15.9 Å². The Balaban J connectivity index is 2.27. The number of amides is 1. The fourth-order valence-corrected chi connectivity index (χ4v) is 3.19. The number of hydrogen-bond acceptors (Lipinski definition) is 3. The molecule has 5 nitrogen and oxygen atoms in total. The molecule has 1 atom stereocenters. The zero-order chi connectivity index (χ0) is 15.8. The van der Waals surface area contributed by atoms with Gasteiger partial charge in [0.15, 0.2) is 0 Å². The summed E-state index contributed by atoms with van der Waals surface area (Å²) in [6, 6.07) is 2.05. The van der Waals surface area contributed by atoms with Crippen molar-refractivity contribution in [1.82, 2.24) is 9.47 Å². The predicted octanol–water partition coefficient (Wildman–Crippen LogP) is 2.44. The van der Waals surface area contributed by atoms with Crippen LogP contribution in [0.3, 0.4) is 0 Å². The highest BCUT2D eigenvalue weighted by molar-refractivity contribution is 9.10. The molecule has 1 aromatic heterocycles. The minimum atomic E-state index is -0.451. The lowest BCUT2D eigenvalue weighted by Crippen LogP contribution is -2.55. The van der Waals surface area contributed by atoms with Gasteiger partial charge in [0.2, 0.25) is 0 Å². The van der Waals surface area contributed by atoms with Crippen LogP contribution in [0.5, 0.6) is 0 Å². The molecule has 2 heterocycles. The van der Waals surface area contributed by atoms with Crippen LogP contribution in [-0.4, -0.2) is 51.9 Å². The van der Waals surface area contributed by atoms with Crippen LogP contribution < -0.4 is 0 Å². The molecule has 0 spiro atoms. The van der Waals surface area contributed by atoms with Crippen LogP contribution in [-0.2, 0) is 4.74 Å². The van der Waals surface area contributed by atoms with Gasteiger partial charge >= 0.3 is 0 Å². The molecule has 1 N–H and O–H groups in total. The number of aromatic nitrogens is 1. The molecular weight excluding hydrogens is 336 g/mol. The highest BCUT2D eigenvalue weighted by Gasteiger charge is 2.36. The molecule has 21 heavy (non-hydrogen) atoms. The second-order valence-electron chi connectivity index (χ2n) is 6.41. The summed E-state index contributed by atoms with van der Waals surface area (Å²) in [5.41, 5.74) is 0.208. The van der Waals surface area contributed by atoms with Crippen LogP contribution in [0.25, 0.3) is 0 Å². The van der Waals surface area contributed by atoms with Crippen LogP contribution in [0, 0.1) is 0 Å². The van der Waals surface area contributed by atoms with Crippen molar-refractivity contribution in [2.45, 2.75) is 45.4 Å². The summed E-state index contributed by atoms with van der Waals surface area (Å²) < 4.78 is 8.62. The number of nitrogens with zero attached hydrogens (tertiary/aromatic N) is 2. The van der Waals surface area contributed by atoms with E-state index in [0.29, 0.717) is 18.8 Å². The maximum atomic E-state index is 12.8. The first-order chi connectivity index (χ1) is 9.73. The van der Waals surface area contributed by atoms with Crippen molar-refractivity contribution in [1.29, 1.82) is 0 Å². The van der Waals surface area contributed by atoms with Crippen molar-refractivity contribution in [3.63, 3.8) is 0 Å². The third kappa shape index (κ3) is 3.67. The van der Waals surface area contributed by atoms with Crippen LogP contribution in [0.2, 0.25) is 0 Å². The molecule has 1 unspecified atom stereocenters. The molecule has 0 aliphatic carbocycles. The van der Waals surface area contributed by atoms with Gasteiger partial charge in [-0.2, -0.15) is 0 Å². The summed E-state index contributed by atoms with van der Waals surface area (Å²) in [6.07, 6.45) is 1.59. The number of aliphatic hydroxyl groups is 1. The number of morpholine rings is 1. The number of carbonyl (C=O) groups excluding carboxylic acids is 1. The Labute approximate surface area is 134 Å². The highest BCUT2D eigenvalue weighted by Crippen LogP contribution is 2.25. The summed E-state index contributed by atoms with van der Waals surface area (Å²) in [6.45, 7) is 8.82. The van der Waals surface area contributed by atoms with E-state index in [1.54, 1.807) is 4.90 Å². The van der Waals surface area contributed by atoms with Gasteiger partial charge in [0.1, 0.15) is 5.69 Å². The van der Waals surface area contributed by atoms with Crippen LogP contribution in [0.4, 0.5) is 0 Å². The molecule has 2 rings (SSSR count). The van der Waals surface area contributed by atoms with Crippen molar-refractivity contribution in [3.05, 3.63) is 22.4 Å². The average molecular weight is 359 g/mol. The number of ether oxygens (including phenoxy) is 1. The first kappa shape index (κ1) is 16.5. The fourth-order valence-electron chi connectivity index (χ4n) is 2.75. The molecule has 1 aliphatic heterocycles. The van der Waals surface area contributed by atoms with E-state index < -0.39 is 5.60 Å². The third-order valence-corrected chi connectivity index (χ3v) is 4.00. The lowest BCUT2D eigenvalue weighted by atomic mass is 10.0. The quantitative estimate of drug-likeness (QED) is 0.902. The van der Waals surface area contributed by atoms with Crippen molar-refractivity contribution in [2.24, 2.45) is 0 Å². The van der Waals surface area contributed by atoms with E-state index in [9.17, 15) is 9.90 Å². The van der Waals surface area contributed by atoms with Gasteiger partial charge in [-0.1, -0.05) is 0 Å². The smallest absolute Gasteiger partial charge is 0.270 e. The second kappa shape index (κ2) is 6.10. The summed E-state index contributed by atoms with van der Waals surface area (Å²) in [4.78, 5) is 14.6. The predicted molar refractivity (Wildman–Crippen MR) is 84.5 cm³/mol. The fraction of sp³-hybridized carbons (Fsp3) is 0.667. The van der Waals surface area contributed by atoms with Gasteiger partial charge in [0.25, 0.3) is 5.91 Å². The van der Waals surface area contributed by atoms with Crippen LogP contribution in [0.1, 0.15) is 44.2 Å². The summed E-state index contributed by atoms with van der Waals surface area (Å²) >= 11 is 3.44. The van der Waals surface area contributed by atoms with E-state index in [4.69, 9.17) is 4.74 Å². The SMILES string of the molecule is CC(C)n1cc(Br)cc1C(=O)N1CC(CO)OC(C)(C)C1. The molecule has 0 saturated carbocycles. The Kier molecular flexibility index (Phi) is 4.80. The Bertz CT molecular complexity index is 525. The number of aliphatic hydroxyl groups excluding tert-OH is 1. The molecule has 118 valence electrons. The maximum absolute atomic E-state index is 12.8. The number of halogens is 1. The van der Waals surface area contributed by atoms with E-state index in [-0.39, 0.29) is 24.7 Å². The average Bonchev–Trinajstić information content (AvgIpc) is 2.78. The van der Waals surface area contributed by atoms with E-state index in [1.807, 2.05) is 44.5 Å². The zero-order valence-electron chi connectivity index (χ0n) is 13.0. The molecule has 1 fully saturated rings. The molecular formula is C15H23BrN2O3. The van der Waals surface area contributed by atoms with E-state index in [1.165, 1.54) is 0 Å². The number of hydrogen-bond donors (Lipinski definition) is 1. The van der Waals surface area contributed by atoms with Gasteiger partial charge < -0.3 is 19.3 Å². The largest absolute Gasteiger partial charge is 0.394 e. The molecule has 6 heteroatoms. The van der Waals surface area contributed by atoms with E-state index in [2.05, 4.69) is 15.9 Å². The van der Waals surface area contributed by atoms with Gasteiger partial charge in [-0.25, -0.2) is 0 Å². The Morgan fingerprint density at radius 3 is 2.81 bits per heavy atom. The standard InChI is InChI=1S/C15H23BrN2O3/c1-10(2)18-6-11(16)5-13(18)14(20)17-7-12(8-19)21-15(3,4)9-17/h5-6,10,12,19H,7-9H2,1-4H3. The van der Waals surface area contributed by atoms with E-state index >= 15 is 0 Å². The van der Waals surface area contributed by atoms with Gasteiger partial charge in [0, 0.05) is 29.8 Å². The Hall–Kier alpha value is -0.850. The monoisotopic (exact) mass is 358 g/mol. The lowest BCUT2D eigenvalue weighted by molar-refractivity contribution is -0.139. The van der Waals surface area contributed by atoms with Gasteiger partial charge in [0.05, 0.1) is 18.3 Å². The molecule has 1 saturated heterocycles. The summed E-state index contributed by atoms with van der Waals surface area (Å²) in [5, 5.41) is 9.36. The van der Waals surface area contributed by atoms with E-state index in [0.717, 1.165) is 4.47 Å². The minimum absolute atomic E-state index is 0.0239. The first-order valence-corrected chi connectivity index (χ1v) is 7.98. The zero-order valence-corrected chi connectivity index (χ0v) is 14.6. The van der Waals surface area contributed by atoms with Crippen molar-refractivity contribution < 1.29 is 14.6 Å². The highest BCUT2D eigenvalue weighted by atomic mass is 79.9. The number of carbonyl (C=O) groups is 1. The first-order valence-electron chi connectivity index (χ1n) is 7.19. The van der Waals surface area contributed by atoms with Gasteiger partial charge in [-0.3, -0.25) is 4.79 Å². The maximum Gasteiger partial charge on any atom is 0.270 e. The lowest BCUT2D eigenvalue weighted by Gasteiger charge is -2.42. The molecule has 0 aromatic carbocycles. The second-order valence-corrected chi connectivity index (χ2v) is 7.33. The topological polar surface area (TPSA) is 54.7 Å². The Morgan fingerprint density at radius 2 is 2.24 bits per heavy atom. The summed E-state index contributed by atoms with van der Waals surface area (Å²) in [5.74, 6) is -0.0239. The Morgan fingerprint density at radius 1 is 1.57 bits per heavy atom. The molecule has 1 amide bonds.